The minimum Gasteiger partial charge on any atom is -0.480 e. The molecule has 0 aromatic carbocycles. The lowest BCUT2D eigenvalue weighted by molar-refractivity contribution is -0.144. The molecule has 0 saturated carbocycles. The number of aliphatic carboxylic acids is 1. The largest absolute Gasteiger partial charge is 0.480 e. The van der Waals surface area contributed by atoms with Crippen molar-refractivity contribution in [3.8, 4) is 0 Å². The molecule has 5 amide bonds. The zero-order valence-corrected chi connectivity index (χ0v) is 18.9. The van der Waals surface area contributed by atoms with Crippen LogP contribution in [0.3, 0.4) is 0 Å². The Morgan fingerprint density at radius 1 is 0.971 bits per heavy atom. The highest BCUT2D eigenvalue weighted by Crippen LogP contribution is 2.05. The van der Waals surface area contributed by atoms with E-state index in [0.717, 1.165) is 0 Å². The fraction of sp³-hybridized carbons (Fsp3) is 0.526. The second-order valence-electron chi connectivity index (χ2n) is 7.74. The van der Waals surface area contributed by atoms with Crippen LogP contribution in [0.2, 0.25) is 0 Å². The number of rotatable bonds is 15. The molecule has 0 saturated heterocycles. The monoisotopic (exact) mass is 498 g/mol. The zero-order valence-electron chi connectivity index (χ0n) is 18.9. The summed E-state index contributed by atoms with van der Waals surface area (Å²) in [5.74, 6) is -6.11. The maximum Gasteiger partial charge on any atom is 0.326 e. The third-order valence-electron chi connectivity index (χ3n) is 4.77. The molecule has 0 fully saturated rings. The number of imidazole rings is 1. The average Bonchev–Trinajstić information content (AvgIpc) is 3.27. The normalized spacial score (nSPS) is 15.1. The van der Waals surface area contributed by atoms with Gasteiger partial charge in [-0.15, -0.1) is 0 Å². The fourth-order valence-electron chi connectivity index (χ4n) is 2.81. The van der Waals surface area contributed by atoms with Crippen molar-refractivity contribution in [2.45, 2.75) is 62.9 Å². The summed E-state index contributed by atoms with van der Waals surface area (Å²) in [6.45, 7) is 1.28. The van der Waals surface area contributed by atoms with Crippen molar-refractivity contribution in [3.05, 3.63) is 18.2 Å². The molecule has 5 unspecified atom stereocenters. The number of aliphatic hydroxyl groups excluding tert-OH is 1. The van der Waals surface area contributed by atoms with Crippen LogP contribution in [-0.2, 0) is 35.2 Å². The molecule has 194 valence electrons. The number of carboxylic acid groups (broad SMARTS) is 1. The molecule has 0 bridgehead atoms. The lowest BCUT2D eigenvalue weighted by Crippen LogP contribution is -2.58. The Morgan fingerprint density at radius 3 is 2.03 bits per heavy atom. The maximum atomic E-state index is 13.0. The maximum absolute atomic E-state index is 13.0. The lowest BCUT2D eigenvalue weighted by atomic mass is 10.1. The van der Waals surface area contributed by atoms with Crippen molar-refractivity contribution in [1.82, 2.24) is 25.9 Å². The topological polar surface area (TPSA) is 286 Å². The summed E-state index contributed by atoms with van der Waals surface area (Å²) in [7, 11) is 0. The molecule has 1 aromatic heterocycles. The van der Waals surface area contributed by atoms with E-state index in [1.165, 1.54) is 19.4 Å². The second-order valence-corrected chi connectivity index (χ2v) is 7.74. The first-order valence-corrected chi connectivity index (χ1v) is 10.4. The van der Waals surface area contributed by atoms with Crippen LogP contribution >= 0.6 is 0 Å². The molecule has 5 atom stereocenters. The predicted molar refractivity (Wildman–Crippen MR) is 118 cm³/mol. The number of amides is 5. The van der Waals surface area contributed by atoms with Gasteiger partial charge in [-0.1, -0.05) is 0 Å². The van der Waals surface area contributed by atoms with Gasteiger partial charge in [0.25, 0.3) is 0 Å². The lowest BCUT2D eigenvalue weighted by Gasteiger charge is -2.25. The van der Waals surface area contributed by atoms with E-state index in [-0.39, 0.29) is 19.3 Å². The number of nitrogens with two attached hydrogens (primary N) is 3. The van der Waals surface area contributed by atoms with E-state index < -0.39 is 72.2 Å². The van der Waals surface area contributed by atoms with Crippen LogP contribution in [-0.4, -0.2) is 86.0 Å². The van der Waals surface area contributed by atoms with Crippen LogP contribution in [0.5, 0.6) is 0 Å². The number of carbonyl (C=O) groups is 6. The number of hydrogen-bond donors (Lipinski definition) is 9. The van der Waals surface area contributed by atoms with Crippen molar-refractivity contribution in [2.75, 3.05) is 0 Å². The summed E-state index contributed by atoms with van der Waals surface area (Å²) in [4.78, 5) is 78.3. The quantitative estimate of drug-likeness (QED) is 0.111. The van der Waals surface area contributed by atoms with Crippen molar-refractivity contribution >= 4 is 35.5 Å². The molecule has 12 N–H and O–H groups in total. The standard InChI is InChI=1S/C19H30N8O8/c1-8(28)15(22)18(33)26-11(4-9-6-23-7-24-9)17(32)25-10(2-3-13(20)29)16(31)27-12(19(34)35)5-14(21)30/h6-8,10-12,15,28H,2-5,22H2,1H3,(H2,20,29)(H2,21,30)(H,23,24)(H,25,32)(H,26,33)(H,27,31)(H,34,35). The van der Waals surface area contributed by atoms with Gasteiger partial charge in [0.2, 0.25) is 29.5 Å². The first-order valence-electron chi connectivity index (χ1n) is 10.4. The number of carboxylic acids is 1. The number of aromatic nitrogens is 2. The number of aliphatic hydroxyl groups is 1. The Hall–Kier alpha value is -4.05. The van der Waals surface area contributed by atoms with Crippen LogP contribution in [0.25, 0.3) is 0 Å². The first-order chi connectivity index (χ1) is 16.3. The van der Waals surface area contributed by atoms with Gasteiger partial charge in [-0.2, -0.15) is 0 Å². The van der Waals surface area contributed by atoms with Gasteiger partial charge in [-0.05, 0) is 13.3 Å². The number of H-pyrrole nitrogens is 1. The molecule has 1 aromatic rings. The molecule has 16 nitrogen and oxygen atoms in total. The van der Waals surface area contributed by atoms with E-state index in [1.54, 1.807) is 0 Å². The van der Waals surface area contributed by atoms with E-state index >= 15 is 0 Å². The molecule has 0 aliphatic rings. The van der Waals surface area contributed by atoms with Gasteiger partial charge in [0, 0.05) is 24.7 Å². The summed E-state index contributed by atoms with van der Waals surface area (Å²) >= 11 is 0. The Morgan fingerprint density at radius 2 is 1.54 bits per heavy atom. The summed E-state index contributed by atoms with van der Waals surface area (Å²) in [6.07, 6.45) is 0.00451. The van der Waals surface area contributed by atoms with E-state index in [1.807, 2.05) is 0 Å². The smallest absolute Gasteiger partial charge is 0.326 e. The van der Waals surface area contributed by atoms with E-state index in [0.29, 0.717) is 5.69 Å². The Labute approximate surface area is 199 Å². The summed E-state index contributed by atoms with van der Waals surface area (Å²) in [5, 5.41) is 25.5. The minimum absolute atomic E-state index is 0.117. The van der Waals surface area contributed by atoms with Gasteiger partial charge in [-0.25, -0.2) is 9.78 Å². The summed E-state index contributed by atoms with van der Waals surface area (Å²) in [6, 6.07) is -5.81. The Kier molecular flexibility index (Phi) is 11.3. The summed E-state index contributed by atoms with van der Waals surface area (Å²) in [5.41, 5.74) is 16.2. The molecule has 1 heterocycles. The molecule has 0 spiro atoms. The third-order valence-corrected chi connectivity index (χ3v) is 4.77. The number of carbonyl (C=O) groups excluding carboxylic acids is 5. The second kappa shape index (κ2) is 13.6. The molecule has 35 heavy (non-hydrogen) atoms. The van der Waals surface area contributed by atoms with Crippen LogP contribution < -0.4 is 33.2 Å². The highest BCUT2D eigenvalue weighted by Gasteiger charge is 2.32. The van der Waals surface area contributed by atoms with Gasteiger partial charge in [0.15, 0.2) is 0 Å². The predicted octanol–water partition coefficient (Wildman–Crippen LogP) is -4.66. The molecular formula is C19H30N8O8. The van der Waals surface area contributed by atoms with Gasteiger partial charge in [0.05, 0.1) is 18.9 Å². The SMILES string of the molecule is CC(O)C(N)C(=O)NC(Cc1cnc[nH]1)C(=O)NC(CCC(N)=O)C(=O)NC(CC(N)=O)C(=O)O. The molecule has 0 aliphatic heterocycles. The zero-order chi connectivity index (χ0) is 26.7. The molecule has 1 rings (SSSR count). The Bertz CT molecular complexity index is 920. The average molecular weight is 498 g/mol. The van der Waals surface area contributed by atoms with E-state index in [9.17, 15) is 39.0 Å². The molecule has 0 radical (unpaired) electrons. The van der Waals surface area contributed by atoms with Gasteiger partial charge in [-0.3, -0.25) is 24.0 Å². The van der Waals surface area contributed by atoms with Crippen molar-refractivity contribution in [3.63, 3.8) is 0 Å². The van der Waals surface area contributed by atoms with Crippen LogP contribution in [0.1, 0.15) is 31.9 Å². The van der Waals surface area contributed by atoms with Crippen molar-refractivity contribution < 1.29 is 39.0 Å². The van der Waals surface area contributed by atoms with Gasteiger partial charge in [0.1, 0.15) is 24.2 Å². The number of nitrogens with one attached hydrogen (secondary N) is 4. The first kappa shape index (κ1) is 29.0. The van der Waals surface area contributed by atoms with E-state index in [2.05, 4.69) is 25.9 Å². The number of aromatic amines is 1. The molecular weight excluding hydrogens is 468 g/mol. The van der Waals surface area contributed by atoms with Crippen LogP contribution in [0.4, 0.5) is 0 Å². The highest BCUT2D eigenvalue weighted by molar-refractivity contribution is 5.95. The van der Waals surface area contributed by atoms with Crippen molar-refractivity contribution in [1.29, 1.82) is 0 Å². The number of nitrogens with zero attached hydrogens (tertiary/aromatic N) is 1. The third kappa shape index (κ3) is 10.2. The number of hydrogen-bond acceptors (Lipinski definition) is 9. The van der Waals surface area contributed by atoms with E-state index in [4.69, 9.17) is 17.2 Å². The molecule has 0 aliphatic carbocycles. The highest BCUT2D eigenvalue weighted by atomic mass is 16.4. The van der Waals surface area contributed by atoms with Crippen LogP contribution in [0, 0.1) is 0 Å². The molecule has 16 heteroatoms. The Balaban J connectivity index is 3.09. The summed E-state index contributed by atoms with van der Waals surface area (Å²) < 4.78 is 0. The van der Waals surface area contributed by atoms with Crippen molar-refractivity contribution in [2.24, 2.45) is 17.2 Å². The van der Waals surface area contributed by atoms with Gasteiger partial charge < -0.3 is 48.3 Å². The minimum atomic E-state index is -1.68. The number of primary amides is 2. The van der Waals surface area contributed by atoms with Crippen LogP contribution in [0.15, 0.2) is 12.5 Å². The van der Waals surface area contributed by atoms with Gasteiger partial charge >= 0.3 is 5.97 Å². The fourth-order valence-corrected chi connectivity index (χ4v) is 2.81.